The summed E-state index contributed by atoms with van der Waals surface area (Å²) >= 11 is 0. The zero-order valence-electron chi connectivity index (χ0n) is 9.56. The summed E-state index contributed by atoms with van der Waals surface area (Å²) in [6.07, 6.45) is 0.488. The van der Waals surface area contributed by atoms with Crippen LogP contribution >= 0.6 is 0 Å². The van der Waals surface area contributed by atoms with Crippen molar-refractivity contribution in [1.82, 2.24) is 0 Å². The fourth-order valence-electron chi connectivity index (χ4n) is 2.01. The summed E-state index contributed by atoms with van der Waals surface area (Å²) < 4.78 is 6.64. The van der Waals surface area contributed by atoms with Crippen LogP contribution in [0.5, 0.6) is 0 Å². The van der Waals surface area contributed by atoms with E-state index in [2.05, 4.69) is 0 Å². The van der Waals surface area contributed by atoms with E-state index in [-0.39, 0.29) is 12.2 Å². The number of hydrogen-bond acceptors (Lipinski definition) is 5. The Hall–Kier alpha value is -1.54. The standard InChI is InChI=1S/C11H14N2O5/c12-10(17)7-2-1-3-13(4-7)11(6-14)9(16)8(15)5-18-11/h1-4,8-9,14-16H,5-6H2,(H-,12,17)/p+1/t8-,9+,11+/m0/s1. The van der Waals surface area contributed by atoms with Gasteiger partial charge in [-0.05, 0) is 6.07 Å². The first-order valence-corrected chi connectivity index (χ1v) is 5.44. The first-order chi connectivity index (χ1) is 8.51. The van der Waals surface area contributed by atoms with Gasteiger partial charge in [-0.25, -0.2) is 0 Å². The fraction of sp³-hybridized carbons (Fsp3) is 0.455. The second-order valence-electron chi connectivity index (χ2n) is 4.19. The van der Waals surface area contributed by atoms with Crippen molar-refractivity contribution < 1.29 is 29.4 Å². The van der Waals surface area contributed by atoms with Crippen molar-refractivity contribution in [2.24, 2.45) is 5.73 Å². The number of aromatic nitrogens is 1. The van der Waals surface area contributed by atoms with Gasteiger partial charge in [-0.3, -0.25) is 4.79 Å². The van der Waals surface area contributed by atoms with Crippen LogP contribution in [0.25, 0.3) is 0 Å². The summed E-state index contributed by atoms with van der Waals surface area (Å²) in [4.78, 5) is 11.1. The summed E-state index contributed by atoms with van der Waals surface area (Å²) in [5.74, 6) is -0.634. The number of carbonyl (C=O) groups is 1. The van der Waals surface area contributed by atoms with Gasteiger partial charge in [-0.15, -0.1) is 0 Å². The molecule has 1 aromatic rings. The molecule has 7 heteroatoms. The molecule has 0 spiro atoms. The SMILES string of the molecule is NC(=O)c1ccc[n+]([C@]2(CO)OC[C@H](O)[C@H]2O)c1. The molecule has 5 N–H and O–H groups in total. The number of hydrogen-bond donors (Lipinski definition) is 4. The van der Waals surface area contributed by atoms with Crippen LogP contribution in [-0.2, 0) is 10.5 Å². The van der Waals surface area contributed by atoms with Crippen LogP contribution in [0, 0.1) is 0 Å². The van der Waals surface area contributed by atoms with E-state index in [4.69, 9.17) is 10.5 Å². The number of primary amides is 1. The van der Waals surface area contributed by atoms with Crippen molar-refractivity contribution in [2.75, 3.05) is 13.2 Å². The van der Waals surface area contributed by atoms with Crippen molar-refractivity contribution >= 4 is 5.91 Å². The highest BCUT2D eigenvalue weighted by Gasteiger charge is 2.57. The van der Waals surface area contributed by atoms with Crippen LogP contribution in [0.4, 0.5) is 0 Å². The van der Waals surface area contributed by atoms with Gasteiger partial charge in [0.2, 0.25) is 0 Å². The average Bonchev–Trinajstić information content (AvgIpc) is 2.67. The van der Waals surface area contributed by atoms with Crippen molar-refractivity contribution in [2.45, 2.75) is 17.9 Å². The van der Waals surface area contributed by atoms with Gasteiger partial charge in [-0.1, -0.05) is 0 Å². The van der Waals surface area contributed by atoms with Gasteiger partial charge < -0.3 is 25.8 Å². The first kappa shape index (κ1) is 12.9. The van der Waals surface area contributed by atoms with Crippen LogP contribution in [-0.4, -0.2) is 46.6 Å². The Balaban J connectivity index is 2.45. The predicted molar refractivity (Wildman–Crippen MR) is 58.2 cm³/mol. The Labute approximate surface area is 103 Å². The van der Waals surface area contributed by atoms with E-state index in [1.165, 1.54) is 29.1 Å². The smallest absolute Gasteiger partial charge is 0.324 e. The third kappa shape index (κ3) is 1.87. The van der Waals surface area contributed by atoms with E-state index in [1.807, 2.05) is 0 Å². The van der Waals surface area contributed by atoms with Crippen molar-refractivity contribution in [1.29, 1.82) is 0 Å². The van der Waals surface area contributed by atoms with Crippen LogP contribution in [0.2, 0.25) is 0 Å². The Morgan fingerprint density at radius 2 is 2.33 bits per heavy atom. The lowest BCUT2D eigenvalue weighted by molar-refractivity contribution is -0.814. The maximum Gasteiger partial charge on any atom is 0.324 e. The van der Waals surface area contributed by atoms with Crippen molar-refractivity contribution in [3.63, 3.8) is 0 Å². The lowest BCUT2D eigenvalue weighted by Gasteiger charge is -2.23. The molecule has 1 aliphatic heterocycles. The number of aliphatic hydroxyl groups excluding tert-OH is 3. The molecule has 0 unspecified atom stereocenters. The molecular formula is C11H15N2O5+. The number of pyridine rings is 1. The van der Waals surface area contributed by atoms with Crippen molar-refractivity contribution in [3.8, 4) is 0 Å². The Kier molecular flexibility index (Phi) is 3.31. The Morgan fingerprint density at radius 3 is 2.83 bits per heavy atom. The normalized spacial score (nSPS) is 31.5. The third-order valence-electron chi connectivity index (χ3n) is 3.08. The summed E-state index contributed by atoms with van der Waals surface area (Å²) in [6, 6.07) is 3.04. The first-order valence-electron chi connectivity index (χ1n) is 5.44. The molecule has 7 nitrogen and oxygen atoms in total. The minimum Gasteiger partial charge on any atom is -0.388 e. The van der Waals surface area contributed by atoms with Gasteiger partial charge in [0.25, 0.3) is 5.91 Å². The lowest BCUT2D eigenvalue weighted by Crippen LogP contribution is -2.65. The highest BCUT2D eigenvalue weighted by molar-refractivity contribution is 5.92. The number of amides is 1. The zero-order chi connectivity index (χ0) is 13.3. The topological polar surface area (TPSA) is 117 Å². The quantitative estimate of drug-likeness (QED) is 0.444. The molecule has 1 aromatic heterocycles. The number of rotatable bonds is 3. The molecule has 2 rings (SSSR count). The second-order valence-corrected chi connectivity index (χ2v) is 4.19. The van der Waals surface area contributed by atoms with Gasteiger partial charge in [0.05, 0.1) is 6.61 Å². The molecule has 0 aromatic carbocycles. The van der Waals surface area contributed by atoms with Crippen LogP contribution < -0.4 is 10.3 Å². The maximum absolute atomic E-state index is 11.1. The Morgan fingerprint density at radius 1 is 1.61 bits per heavy atom. The predicted octanol–water partition coefficient (Wildman–Crippen LogP) is -2.53. The van der Waals surface area contributed by atoms with E-state index in [1.54, 1.807) is 0 Å². The summed E-state index contributed by atoms with van der Waals surface area (Å²) in [5.41, 5.74) is 3.88. The van der Waals surface area contributed by atoms with E-state index in [0.29, 0.717) is 0 Å². The van der Waals surface area contributed by atoms with Gasteiger partial charge in [0.15, 0.2) is 18.5 Å². The minimum atomic E-state index is -1.50. The molecule has 0 saturated carbocycles. The van der Waals surface area contributed by atoms with E-state index in [0.717, 1.165) is 0 Å². The Bertz CT molecular complexity index is 467. The van der Waals surface area contributed by atoms with Gasteiger partial charge in [-0.2, -0.15) is 4.57 Å². The number of nitrogens with two attached hydrogens (primary N) is 1. The molecule has 18 heavy (non-hydrogen) atoms. The van der Waals surface area contributed by atoms with Crippen molar-refractivity contribution in [3.05, 3.63) is 30.1 Å². The summed E-state index contributed by atoms with van der Waals surface area (Å²) in [7, 11) is 0. The molecule has 0 bridgehead atoms. The second kappa shape index (κ2) is 4.62. The largest absolute Gasteiger partial charge is 0.388 e. The molecule has 0 radical (unpaired) electrons. The summed E-state index contributed by atoms with van der Waals surface area (Å²) in [5, 5.41) is 28.9. The summed E-state index contributed by atoms with van der Waals surface area (Å²) in [6.45, 7) is -0.645. The van der Waals surface area contributed by atoms with Crippen LogP contribution in [0.1, 0.15) is 10.4 Å². The number of carbonyl (C=O) groups excluding carboxylic acids is 1. The molecular weight excluding hydrogens is 240 g/mol. The van der Waals surface area contributed by atoms with Crippen LogP contribution in [0.3, 0.4) is 0 Å². The highest BCUT2D eigenvalue weighted by Crippen LogP contribution is 2.26. The molecule has 1 amide bonds. The third-order valence-corrected chi connectivity index (χ3v) is 3.08. The molecule has 2 heterocycles. The van der Waals surface area contributed by atoms with Gasteiger partial charge in [0.1, 0.15) is 18.3 Å². The monoisotopic (exact) mass is 255 g/mol. The molecule has 0 aliphatic carbocycles. The molecule has 1 aliphatic rings. The number of aliphatic hydroxyl groups is 3. The van der Waals surface area contributed by atoms with Crippen LogP contribution in [0.15, 0.2) is 24.5 Å². The molecule has 1 fully saturated rings. The van der Waals surface area contributed by atoms with E-state index in [9.17, 15) is 20.1 Å². The fourth-order valence-corrected chi connectivity index (χ4v) is 2.01. The lowest BCUT2D eigenvalue weighted by atomic mass is 10.0. The molecule has 98 valence electrons. The molecule has 3 atom stereocenters. The van der Waals surface area contributed by atoms with Gasteiger partial charge >= 0.3 is 5.72 Å². The highest BCUT2D eigenvalue weighted by atomic mass is 16.6. The van der Waals surface area contributed by atoms with Gasteiger partial charge in [0, 0.05) is 6.07 Å². The number of nitrogens with zero attached hydrogens (tertiary/aromatic N) is 1. The zero-order valence-corrected chi connectivity index (χ0v) is 9.56. The number of ether oxygens (including phenoxy) is 1. The average molecular weight is 255 g/mol. The van der Waals surface area contributed by atoms with E-state index < -0.39 is 30.4 Å². The maximum atomic E-state index is 11.1. The molecule has 1 saturated heterocycles. The minimum absolute atomic E-state index is 0.102. The van der Waals surface area contributed by atoms with E-state index >= 15 is 0 Å².